The van der Waals surface area contributed by atoms with E-state index in [1.165, 1.54) is 122 Å². The maximum atomic E-state index is 13.5. The molecule has 0 bridgehead atoms. The summed E-state index contributed by atoms with van der Waals surface area (Å²) in [7, 11) is 1.47. The molecule has 412 valence electrons. The van der Waals surface area contributed by atoms with E-state index in [1.54, 1.807) is 0 Å². The van der Waals surface area contributed by atoms with Gasteiger partial charge < -0.3 is 19.4 Å². The Morgan fingerprint density at radius 3 is 1.37 bits per heavy atom. The first kappa shape index (κ1) is 68.5. The monoisotopic (exact) mass is 1020 g/mol. The van der Waals surface area contributed by atoms with Gasteiger partial charge in [0.25, 0.3) is 0 Å². The molecule has 0 aromatic carbocycles. The molecule has 0 aliphatic heterocycles. The van der Waals surface area contributed by atoms with E-state index in [2.05, 4.69) is 86.8 Å². The number of carbonyl (C=O) groups is 2. The van der Waals surface area contributed by atoms with E-state index in [-0.39, 0.29) is 31.5 Å². The van der Waals surface area contributed by atoms with Crippen molar-refractivity contribution < 1.29 is 37.3 Å². The zero-order valence-electron chi connectivity index (χ0n) is 47.0. The maximum Gasteiger partial charge on any atom is 0.472 e. The first-order valence-electron chi connectivity index (χ1n) is 29.3. The van der Waals surface area contributed by atoms with Crippen LogP contribution < -0.4 is 5.32 Å². The first-order chi connectivity index (χ1) is 34.4. The molecule has 3 atom stereocenters. The van der Waals surface area contributed by atoms with Gasteiger partial charge in [0.1, 0.15) is 19.3 Å². The van der Waals surface area contributed by atoms with Gasteiger partial charge in [-0.05, 0) is 76.7 Å². The molecule has 71 heavy (non-hydrogen) atoms. The molecule has 0 aliphatic rings. The lowest BCUT2D eigenvalue weighted by atomic mass is 10.0. The average molecular weight is 1020 g/mol. The van der Waals surface area contributed by atoms with Gasteiger partial charge in [-0.1, -0.05) is 235 Å². The molecule has 0 aliphatic carbocycles. The van der Waals surface area contributed by atoms with Crippen LogP contribution in [0.25, 0.3) is 0 Å². The highest BCUT2D eigenvalue weighted by Gasteiger charge is 2.30. The molecule has 0 fully saturated rings. The molecule has 0 aromatic rings. The van der Waals surface area contributed by atoms with Gasteiger partial charge in [0, 0.05) is 12.8 Å². The molecular weight excluding hydrogens is 904 g/mol. The maximum absolute atomic E-state index is 13.5. The van der Waals surface area contributed by atoms with Crippen LogP contribution in [-0.2, 0) is 27.9 Å². The molecule has 0 heterocycles. The third-order valence-electron chi connectivity index (χ3n) is 12.7. The second kappa shape index (κ2) is 51.0. The fraction of sp³-hybridized carbons (Fsp3) is 0.770. The number of nitrogens with one attached hydrogen (secondary N) is 1. The quantitative estimate of drug-likeness (QED) is 0.0205. The SMILES string of the molecule is CC/C=C\C/C=C\C/C=C\C/C=C\C/C=C\CCCCCC(=O)OC(/C=C/CCCCCCCCCCCCC)C(COP(=O)(O)OCC[N+](C)(C)C)NC(=O)CCCCCCCCCCCCCCC. The van der Waals surface area contributed by atoms with Crippen molar-refractivity contribution in [2.45, 2.75) is 264 Å². The van der Waals surface area contributed by atoms with Gasteiger partial charge in [0.2, 0.25) is 5.91 Å². The van der Waals surface area contributed by atoms with Crippen LogP contribution in [0, 0.1) is 0 Å². The van der Waals surface area contributed by atoms with Crippen molar-refractivity contribution >= 4 is 19.7 Å². The molecule has 0 radical (unpaired) electrons. The number of allylic oxidation sites excluding steroid dienone is 11. The Morgan fingerprint density at radius 1 is 0.507 bits per heavy atom. The van der Waals surface area contributed by atoms with Crippen LogP contribution in [0.3, 0.4) is 0 Å². The van der Waals surface area contributed by atoms with Crippen LogP contribution in [0.2, 0.25) is 0 Å². The number of amides is 1. The fourth-order valence-electron chi connectivity index (χ4n) is 8.14. The number of hydrogen-bond acceptors (Lipinski definition) is 6. The zero-order valence-corrected chi connectivity index (χ0v) is 47.8. The Morgan fingerprint density at radius 2 is 0.901 bits per heavy atom. The third-order valence-corrected chi connectivity index (χ3v) is 13.6. The number of likely N-dealkylation sites (N-methyl/N-ethyl adjacent to an activating group) is 1. The minimum absolute atomic E-state index is 0.0334. The molecule has 0 spiro atoms. The Balaban J connectivity index is 5.40. The summed E-state index contributed by atoms with van der Waals surface area (Å²) in [6, 6.07) is -0.861. The summed E-state index contributed by atoms with van der Waals surface area (Å²) in [5, 5.41) is 3.04. The zero-order chi connectivity index (χ0) is 52.2. The van der Waals surface area contributed by atoms with E-state index >= 15 is 0 Å². The van der Waals surface area contributed by atoms with Gasteiger partial charge in [-0.3, -0.25) is 18.6 Å². The van der Waals surface area contributed by atoms with Crippen LogP contribution in [0.4, 0.5) is 0 Å². The lowest BCUT2D eigenvalue weighted by Crippen LogP contribution is -2.47. The summed E-state index contributed by atoms with van der Waals surface area (Å²) in [6.07, 6.45) is 64.6. The predicted molar refractivity (Wildman–Crippen MR) is 305 cm³/mol. The van der Waals surface area contributed by atoms with E-state index < -0.39 is 20.0 Å². The highest BCUT2D eigenvalue weighted by atomic mass is 31.2. The predicted octanol–water partition coefficient (Wildman–Crippen LogP) is 17.7. The second-order valence-corrected chi connectivity index (χ2v) is 22.2. The third kappa shape index (κ3) is 52.1. The summed E-state index contributed by atoms with van der Waals surface area (Å²) in [4.78, 5) is 37.6. The molecule has 3 unspecified atom stereocenters. The lowest BCUT2D eigenvalue weighted by Gasteiger charge is -2.27. The van der Waals surface area contributed by atoms with E-state index in [0.717, 1.165) is 89.9 Å². The summed E-state index contributed by atoms with van der Waals surface area (Å²) in [5.41, 5.74) is 0. The Bertz CT molecular complexity index is 1450. The smallest absolute Gasteiger partial charge is 0.456 e. The van der Waals surface area contributed by atoms with Crippen molar-refractivity contribution in [3.63, 3.8) is 0 Å². The summed E-state index contributed by atoms with van der Waals surface area (Å²) >= 11 is 0. The first-order valence-corrected chi connectivity index (χ1v) is 30.8. The Hall–Kier alpha value is -2.55. The molecule has 0 saturated carbocycles. The molecule has 0 aromatic heterocycles. The summed E-state index contributed by atoms with van der Waals surface area (Å²) in [6.45, 7) is 6.88. The van der Waals surface area contributed by atoms with Gasteiger partial charge in [-0.2, -0.15) is 0 Å². The van der Waals surface area contributed by atoms with Gasteiger partial charge in [0.15, 0.2) is 0 Å². The fourth-order valence-corrected chi connectivity index (χ4v) is 8.88. The van der Waals surface area contributed by atoms with Crippen LogP contribution in [0.1, 0.15) is 252 Å². The number of nitrogens with zero attached hydrogens (tertiary/aromatic N) is 1. The molecule has 0 saturated heterocycles. The van der Waals surface area contributed by atoms with Gasteiger partial charge in [-0.25, -0.2) is 4.57 Å². The van der Waals surface area contributed by atoms with Gasteiger partial charge in [0.05, 0.1) is 33.8 Å². The topological polar surface area (TPSA) is 111 Å². The van der Waals surface area contributed by atoms with Crippen molar-refractivity contribution in [1.29, 1.82) is 0 Å². The Kier molecular flexibility index (Phi) is 49.1. The van der Waals surface area contributed by atoms with Gasteiger partial charge >= 0.3 is 13.8 Å². The van der Waals surface area contributed by atoms with Crippen LogP contribution in [0.5, 0.6) is 0 Å². The Labute approximate surface area is 438 Å². The van der Waals surface area contributed by atoms with E-state index in [1.807, 2.05) is 33.3 Å². The van der Waals surface area contributed by atoms with Crippen molar-refractivity contribution in [2.24, 2.45) is 0 Å². The average Bonchev–Trinajstić information content (AvgIpc) is 3.33. The van der Waals surface area contributed by atoms with Gasteiger partial charge in [-0.15, -0.1) is 0 Å². The molecule has 10 heteroatoms. The standard InChI is InChI=1S/C61H111N2O7P/c1-7-10-13-16-19-22-25-28-29-30-31-32-33-36-39-42-45-48-51-54-61(65)70-59(52-49-46-43-40-37-34-26-23-20-17-14-11-8-2)58(57-69-71(66,67)68-56-55-63(4,5)6)62-60(64)53-50-47-44-41-38-35-27-24-21-18-15-12-9-3/h10,13,19,22,28-29,31-32,36,39,49,52,58-59H,7-9,11-12,14-18,20-21,23-27,30,33-35,37-38,40-48,50-51,53-57H2,1-6H3,(H-,62,64,66,67)/p+1/b13-10-,22-19-,29-28-,32-31-,39-36-,52-49+. The second-order valence-electron chi connectivity index (χ2n) is 20.8. The van der Waals surface area contributed by atoms with E-state index in [9.17, 15) is 19.0 Å². The van der Waals surface area contributed by atoms with Crippen molar-refractivity contribution in [1.82, 2.24) is 5.32 Å². The number of ether oxygens (including phenoxy) is 1. The largest absolute Gasteiger partial charge is 0.472 e. The highest BCUT2D eigenvalue weighted by molar-refractivity contribution is 7.47. The summed E-state index contributed by atoms with van der Waals surface area (Å²) < 4.78 is 30.6. The van der Waals surface area contributed by atoms with Crippen LogP contribution >= 0.6 is 7.82 Å². The molecule has 9 nitrogen and oxygen atoms in total. The number of quaternary nitrogens is 1. The highest BCUT2D eigenvalue weighted by Crippen LogP contribution is 2.43. The number of phosphoric ester groups is 1. The number of rotatable bonds is 52. The molecule has 0 rings (SSSR count). The van der Waals surface area contributed by atoms with E-state index in [4.69, 9.17) is 13.8 Å². The van der Waals surface area contributed by atoms with Crippen LogP contribution in [-0.4, -0.2) is 74.3 Å². The van der Waals surface area contributed by atoms with Crippen LogP contribution in [0.15, 0.2) is 72.9 Å². The summed E-state index contributed by atoms with van der Waals surface area (Å²) in [5.74, 6) is -0.540. The lowest BCUT2D eigenvalue weighted by molar-refractivity contribution is -0.870. The number of hydrogen-bond donors (Lipinski definition) is 2. The molecule has 1 amide bonds. The van der Waals surface area contributed by atoms with Crippen molar-refractivity contribution in [3.05, 3.63) is 72.9 Å². The number of unbranched alkanes of at least 4 members (excludes halogenated alkanes) is 26. The minimum Gasteiger partial charge on any atom is -0.456 e. The number of phosphoric acid groups is 1. The van der Waals surface area contributed by atoms with Crippen molar-refractivity contribution in [3.8, 4) is 0 Å². The molecular formula is C61H112N2O7P+. The molecule has 2 N–H and O–H groups in total. The van der Waals surface area contributed by atoms with Crippen molar-refractivity contribution in [2.75, 3.05) is 40.9 Å². The number of esters is 1. The minimum atomic E-state index is -4.45. The number of carbonyl (C=O) groups excluding carboxylic acids is 2. The van der Waals surface area contributed by atoms with E-state index in [0.29, 0.717) is 23.9 Å². The normalized spacial score (nSPS) is 14.3.